The Balaban J connectivity index is 1.64. The Morgan fingerprint density at radius 1 is 1.18 bits per heavy atom. The topological polar surface area (TPSA) is 140 Å². The number of fused-ring (bicyclic) bond motifs is 1. The summed E-state index contributed by atoms with van der Waals surface area (Å²) in [6, 6.07) is 7.49. The molecule has 0 amide bonds. The van der Waals surface area contributed by atoms with E-state index in [2.05, 4.69) is 15.0 Å². The number of aromatic nitrogens is 4. The lowest BCUT2D eigenvalue weighted by atomic mass is 10.1. The van der Waals surface area contributed by atoms with Crippen molar-refractivity contribution in [3.05, 3.63) is 41.2 Å². The number of aliphatic hydroxyl groups excluding tert-OH is 3. The number of thioether (sulfide) groups is 1. The molecule has 0 aliphatic carbocycles. The Morgan fingerprint density at radius 3 is 2.61 bits per heavy atom. The molecule has 1 aromatic carbocycles. The Hall–Kier alpha value is -1.95. The molecule has 1 aliphatic heterocycles. The van der Waals surface area contributed by atoms with Gasteiger partial charge in [-0.05, 0) is 17.7 Å². The van der Waals surface area contributed by atoms with E-state index in [0.29, 0.717) is 27.0 Å². The molecule has 148 valence electrons. The average molecular weight is 424 g/mol. The largest absolute Gasteiger partial charge is 0.394 e. The van der Waals surface area contributed by atoms with E-state index >= 15 is 0 Å². The molecule has 1 saturated heterocycles. The summed E-state index contributed by atoms with van der Waals surface area (Å²) in [7, 11) is 0. The van der Waals surface area contributed by atoms with Crippen LogP contribution in [-0.4, -0.2) is 59.8 Å². The quantitative estimate of drug-likeness (QED) is 0.349. The van der Waals surface area contributed by atoms with Crippen LogP contribution >= 0.6 is 23.4 Å². The molecule has 4 atom stereocenters. The number of rotatable bonds is 5. The third-order valence-corrected chi connectivity index (χ3v) is 5.77. The maximum absolute atomic E-state index is 10.3. The highest BCUT2D eigenvalue weighted by Gasteiger charge is 2.44. The van der Waals surface area contributed by atoms with Gasteiger partial charge in [-0.25, -0.2) is 9.97 Å². The van der Waals surface area contributed by atoms with E-state index in [1.807, 2.05) is 24.3 Å². The van der Waals surface area contributed by atoms with Gasteiger partial charge in [0.25, 0.3) is 0 Å². The minimum Gasteiger partial charge on any atom is -0.394 e. The fourth-order valence-electron chi connectivity index (χ4n) is 3.04. The van der Waals surface area contributed by atoms with Gasteiger partial charge < -0.3 is 25.8 Å². The Bertz CT molecular complexity index is 986. The maximum atomic E-state index is 10.3. The summed E-state index contributed by atoms with van der Waals surface area (Å²) >= 11 is 7.36. The molecular formula is C17H18ClN5O4S. The van der Waals surface area contributed by atoms with E-state index < -0.39 is 31.1 Å². The second-order valence-corrected chi connectivity index (χ2v) is 7.76. The normalized spacial score (nSPS) is 24.9. The monoisotopic (exact) mass is 423 g/mol. The summed E-state index contributed by atoms with van der Waals surface area (Å²) in [4.78, 5) is 12.8. The van der Waals surface area contributed by atoms with Crippen LogP contribution in [0.2, 0.25) is 5.02 Å². The fraction of sp³-hybridized carbons (Fsp3) is 0.353. The molecule has 1 aliphatic rings. The van der Waals surface area contributed by atoms with Crippen LogP contribution in [0.1, 0.15) is 11.8 Å². The van der Waals surface area contributed by atoms with Crippen molar-refractivity contribution in [1.29, 1.82) is 0 Å². The summed E-state index contributed by atoms with van der Waals surface area (Å²) in [6.07, 6.45) is -2.84. The highest BCUT2D eigenvalue weighted by molar-refractivity contribution is 7.98. The van der Waals surface area contributed by atoms with Crippen LogP contribution < -0.4 is 5.73 Å². The van der Waals surface area contributed by atoms with Gasteiger partial charge in [0, 0.05) is 10.8 Å². The van der Waals surface area contributed by atoms with Gasteiger partial charge in [0.2, 0.25) is 5.95 Å². The van der Waals surface area contributed by atoms with Crippen molar-refractivity contribution < 1.29 is 20.1 Å². The first kappa shape index (κ1) is 19.4. The SMILES string of the molecule is Nc1nc(SCc2ccc(Cl)cc2)c2ncn(C3OC(CO)C(O)C3O)c2n1. The number of nitrogens with two attached hydrogens (primary N) is 1. The number of hydrogen-bond donors (Lipinski definition) is 4. The van der Waals surface area contributed by atoms with Crippen LogP contribution in [-0.2, 0) is 10.5 Å². The summed E-state index contributed by atoms with van der Waals surface area (Å²) in [5.41, 5.74) is 7.81. The Labute approximate surface area is 169 Å². The first-order valence-corrected chi connectivity index (χ1v) is 9.84. The Morgan fingerprint density at radius 2 is 1.93 bits per heavy atom. The van der Waals surface area contributed by atoms with Gasteiger partial charge in [-0.1, -0.05) is 35.5 Å². The number of benzene rings is 1. The fourth-order valence-corrected chi connectivity index (χ4v) is 4.10. The van der Waals surface area contributed by atoms with Crippen LogP contribution in [0.4, 0.5) is 5.95 Å². The van der Waals surface area contributed by atoms with Crippen molar-refractivity contribution in [2.75, 3.05) is 12.3 Å². The number of nitrogens with zero attached hydrogens (tertiary/aromatic N) is 4. The van der Waals surface area contributed by atoms with Gasteiger partial charge in [0.1, 0.15) is 28.9 Å². The lowest BCUT2D eigenvalue weighted by molar-refractivity contribution is -0.0511. The minimum absolute atomic E-state index is 0.0552. The second-order valence-electron chi connectivity index (χ2n) is 6.36. The summed E-state index contributed by atoms with van der Waals surface area (Å²) in [5.74, 6) is 0.684. The van der Waals surface area contributed by atoms with E-state index in [1.54, 1.807) is 0 Å². The van der Waals surface area contributed by atoms with Crippen LogP contribution in [0.15, 0.2) is 35.6 Å². The van der Waals surface area contributed by atoms with Gasteiger partial charge in [-0.3, -0.25) is 4.57 Å². The molecule has 11 heteroatoms. The zero-order chi connectivity index (χ0) is 19.8. The zero-order valence-electron chi connectivity index (χ0n) is 14.5. The molecule has 0 bridgehead atoms. The molecule has 0 spiro atoms. The van der Waals surface area contributed by atoms with E-state index in [0.717, 1.165) is 5.56 Å². The molecule has 4 unspecified atom stereocenters. The molecule has 3 aromatic rings. The summed E-state index contributed by atoms with van der Waals surface area (Å²) in [6.45, 7) is -0.416. The van der Waals surface area contributed by atoms with Gasteiger partial charge in [-0.15, -0.1) is 0 Å². The van der Waals surface area contributed by atoms with Gasteiger partial charge in [0.05, 0.1) is 12.9 Å². The highest BCUT2D eigenvalue weighted by Crippen LogP contribution is 2.34. The maximum Gasteiger partial charge on any atom is 0.223 e. The van der Waals surface area contributed by atoms with Crippen LogP contribution in [0.3, 0.4) is 0 Å². The molecule has 28 heavy (non-hydrogen) atoms. The predicted octanol–water partition coefficient (Wildman–Crippen LogP) is 0.966. The molecule has 9 nitrogen and oxygen atoms in total. The zero-order valence-corrected chi connectivity index (χ0v) is 16.1. The summed E-state index contributed by atoms with van der Waals surface area (Å²) < 4.78 is 7.05. The van der Waals surface area contributed by atoms with E-state index in [9.17, 15) is 15.3 Å². The number of hydrogen-bond acceptors (Lipinski definition) is 9. The smallest absolute Gasteiger partial charge is 0.223 e. The second kappa shape index (κ2) is 7.82. The number of imidazole rings is 1. The minimum atomic E-state index is -1.24. The molecule has 3 heterocycles. The number of aliphatic hydroxyl groups is 3. The number of ether oxygens (including phenoxy) is 1. The van der Waals surface area contributed by atoms with Crippen LogP contribution in [0.25, 0.3) is 11.2 Å². The number of halogens is 1. The predicted molar refractivity (Wildman–Crippen MR) is 104 cm³/mol. The lowest BCUT2D eigenvalue weighted by Gasteiger charge is -2.16. The van der Waals surface area contributed by atoms with E-state index in [1.165, 1.54) is 22.7 Å². The third-order valence-electron chi connectivity index (χ3n) is 4.49. The third kappa shape index (κ3) is 3.54. The Kier molecular flexibility index (Phi) is 5.41. The van der Waals surface area contributed by atoms with Crippen LogP contribution in [0, 0.1) is 0 Å². The number of anilines is 1. The van der Waals surface area contributed by atoms with Crippen molar-refractivity contribution in [1.82, 2.24) is 19.5 Å². The molecule has 2 aromatic heterocycles. The van der Waals surface area contributed by atoms with Crippen molar-refractivity contribution in [3.8, 4) is 0 Å². The molecule has 0 saturated carbocycles. The molecule has 4 rings (SSSR count). The molecule has 5 N–H and O–H groups in total. The van der Waals surface area contributed by atoms with Gasteiger partial charge in [-0.2, -0.15) is 4.98 Å². The standard InChI is InChI=1S/C17H18ClN5O4S/c18-9-3-1-8(2-4-9)6-28-15-11-14(21-17(19)22-15)23(7-20-11)16-13(26)12(25)10(5-24)27-16/h1-4,7,10,12-13,16,24-26H,5-6H2,(H2,19,21,22). The highest BCUT2D eigenvalue weighted by atomic mass is 35.5. The first-order chi connectivity index (χ1) is 13.5. The molecule has 1 fully saturated rings. The van der Waals surface area contributed by atoms with Crippen molar-refractivity contribution >= 4 is 40.5 Å². The van der Waals surface area contributed by atoms with E-state index in [-0.39, 0.29) is 5.95 Å². The lowest BCUT2D eigenvalue weighted by Crippen LogP contribution is -2.33. The summed E-state index contributed by atoms with van der Waals surface area (Å²) in [5, 5.41) is 30.8. The van der Waals surface area contributed by atoms with Crippen molar-refractivity contribution in [2.45, 2.75) is 35.3 Å². The van der Waals surface area contributed by atoms with E-state index in [4.69, 9.17) is 22.1 Å². The van der Waals surface area contributed by atoms with Crippen molar-refractivity contribution in [3.63, 3.8) is 0 Å². The van der Waals surface area contributed by atoms with Crippen LogP contribution in [0.5, 0.6) is 0 Å². The van der Waals surface area contributed by atoms with Gasteiger partial charge in [0.15, 0.2) is 11.9 Å². The number of nitrogen functional groups attached to an aromatic ring is 1. The first-order valence-electron chi connectivity index (χ1n) is 8.47. The average Bonchev–Trinajstić information content (AvgIpc) is 3.22. The van der Waals surface area contributed by atoms with Gasteiger partial charge >= 0.3 is 0 Å². The molecular weight excluding hydrogens is 406 g/mol. The van der Waals surface area contributed by atoms with Crippen molar-refractivity contribution in [2.24, 2.45) is 0 Å². The molecule has 0 radical (unpaired) electrons.